The summed E-state index contributed by atoms with van der Waals surface area (Å²) in [6.07, 6.45) is 11.1. The molecule has 0 bridgehead atoms. The van der Waals surface area contributed by atoms with Crippen LogP contribution in [-0.2, 0) is 9.53 Å². The Hall–Kier alpha value is -0.610. The Morgan fingerprint density at radius 1 is 1.00 bits per heavy atom. The zero-order chi connectivity index (χ0) is 14.2. The summed E-state index contributed by atoms with van der Waals surface area (Å²) in [6.45, 7) is 3.39. The van der Waals surface area contributed by atoms with E-state index in [0.29, 0.717) is 12.6 Å². The van der Waals surface area contributed by atoms with Crippen LogP contribution in [0.15, 0.2) is 0 Å². The molecule has 2 aliphatic heterocycles. The summed E-state index contributed by atoms with van der Waals surface area (Å²) < 4.78 is 5.87. The Balaban J connectivity index is 1.42. The molecule has 0 aromatic carbocycles. The number of likely N-dealkylation sites (tertiary alicyclic amines) is 1. The maximum Gasteiger partial charge on any atom is 0.248 e. The van der Waals surface area contributed by atoms with E-state index >= 15 is 0 Å². The zero-order valence-electron chi connectivity index (χ0n) is 13.0. The van der Waals surface area contributed by atoms with Crippen molar-refractivity contribution in [1.82, 2.24) is 9.80 Å². The smallest absolute Gasteiger partial charge is 0.248 e. The number of hydrogen-bond acceptors (Lipinski definition) is 3. The van der Waals surface area contributed by atoms with Gasteiger partial charge in [-0.05, 0) is 31.6 Å². The van der Waals surface area contributed by atoms with Gasteiger partial charge < -0.3 is 9.64 Å². The van der Waals surface area contributed by atoms with Gasteiger partial charge in [0, 0.05) is 25.7 Å². The Morgan fingerprint density at radius 2 is 1.81 bits per heavy atom. The van der Waals surface area contributed by atoms with Gasteiger partial charge in [0.2, 0.25) is 5.91 Å². The van der Waals surface area contributed by atoms with Crippen LogP contribution in [0.2, 0.25) is 0 Å². The highest BCUT2D eigenvalue weighted by molar-refractivity contribution is 5.78. The summed E-state index contributed by atoms with van der Waals surface area (Å²) in [5.74, 6) is 0.991. The number of hydrogen-bond donors (Lipinski definition) is 0. The molecular weight excluding hydrogens is 264 g/mol. The van der Waals surface area contributed by atoms with Crippen LogP contribution in [0.3, 0.4) is 0 Å². The molecule has 2 heterocycles. The van der Waals surface area contributed by atoms with E-state index in [1.165, 1.54) is 51.4 Å². The van der Waals surface area contributed by atoms with Gasteiger partial charge in [-0.1, -0.05) is 25.7 Å². The highest BCUT2D eigenvalue weighted by Gasteiger charge is 2.45. The molecule has 4 nitrogen and oxygen atoms in total. The third-order valence-electron chi connectivity index (χ3n) is 6.18. The fraction of sp³-hybridized carbons (Fsp3) is 0.941. The first-order chi connectivity index (χ1) is 10.3. The molecule has 0 radical (unpaired) electrons. The Labute approximate surface area is 127 Å². The van der Waals surface area contributed by atoms with E-state index in [0.717, 1.165) is 31.6 Å². The molecule has 2 atom stereocenters. The molecule has 118 valence electrons. The molecule has 2 saturated heterocycles. The molecule has 0 aromatic heterocycles. The molecule has 0 aromatic rings. The third kappa shape index (κ3) is 2.72. The van der Waals surface area contributed by atoms with Gasteiger partial charge in [-0.25, -0.2) is 0 Å². The molecule has 0 spiro atoms. The van der Waals surface area contributed by atoms with Gasteiger partial charge in [-0.2, -0.15) is 0 Å². The van der Waals surface area contributed by atoms with Gasteiger partial charge in [-0.15, -0.1) is 0 Å². The van der Waals surface area contributed by atoms with E-state index in [9.17, 15) is 4.79 Å². The minimum absolute atomic E-state index is 0.230. The largest absolute Gasteiger partial charge is 0.365 e. The second-order valence-corrected chi connectivity index (χ2v) is 7.51. The van der Waals surface area contributed by atoms with Crippen molar-refractivity contribution in [3.8, 4) is 0 Å². The fourth-order valence-electron chi connectivity index (χ4n) is 4.63. The van der Waals surface area contributed by atoms with E-state index in [1.54, 1.807) is 0 Å². The summed E-state index contributed by atoms with van der Waals surface area (Å²) in [5.41, 5.74) is 0. The standard InChI is InChI=1S/C17H28N2O2/c20-17-12-21-16-11-18(14-7-2-1-3-8-14)10-15(16)19(17)9-13-5-4-6-13/h13-16H,1-12H2/t15-,16+/m1/s1. The van der Waals surface area contributed by atoms with E-state index in [4.69, 9.17) is 4.74 Å². The number of morpholine rings is 1. The zero-order valence-corrected chi connectivity index (χ0v) is 13.0. The lowest BCUT2D eigenvalue weighted by Gasteiger charge is -2.40. The quantitative estimate of drug-likeness (QED) is 0.798. The first kappa shape index (κ1) is 14.0. The van der Waals surface area contributed by atoms with Gasteiger partial charge in [-0.3, -0.25) is 9.69 Å². The number of carbonyl (C=O) groups excluding carboxylic acids is 1. The van der Waals surface area contributed by atoms with Crippen LogP contribution in [0.5, 0.6) is 0 Å². The second kappa shape index (κ2) is 5.88. The Bertz CT molecular complexity index is 390. The van der Waals surface area contributed by atoms with Crippen molar-refractivity contribution in [3.63, 3.8) is 0 Å². The van der Waals surface area contributed by atoms with Crippen LogP contribution in [0, 0.1) is 5.92 Å². The summed E-state index contributed by atoms with van der Waals surface area (Å²) in [5, 5.41) is 0. The molecule has 4 rings (SSSR count). The van der Waals surface area contributed by atoms with E-state index < -0.39 is 0 Å². The predicted molar refractivity (Wildman–Crippen MR) is 81.0 cm³/mol. The number of carbonyl (C=O) groups is 1. The SMILES string of the molecule is O=C1CO[C@H]2CN(C3CCCCC3)C[C@H]2N1CC1CCC1. The van der Waals surface area contributed by atoms with Crippen molar-refractivity contribution in [2.24, 2.45) is 5.92 Å². The number of nitrogens with zero attached hydrogens (tertiary/aromatic N) is 2. The van der Waals surface area contributed by atoms with Crippen LogP contribution in [0.25, 0.3) is 0 Å². The van der Waals surface area contributed by atoms with Crippen molar-refractivity contribution in [2.45, 2.75) is 69.6 Å². The summed E-state index contributed by atoms with van der Waals surface area (Å²) in [7, 11) is 0. The first-order valence-electron chi connectivity index (χ1n) is 8.96. The average molecular weight is 292 g/mol. The van der Waals surface area contributed by atoms with E-state index in [2.05, 4.69) is 9.80 Å². The van der Waals surface area contributed by atoms with Crippen molar-refractivity contribution in [2.75, 3.05) is 26.2 Å². The van der Waals surface area contributed by atoms with Crippen LogP contribution in [0.1, 0.15) is 51.4 Å². The molecular formula is C17H28N2O2. The maximum atomic E-state index is 12.3. The number of amides is 1. The topological polar surface area (TPSA) is 32.8 Å². The van der Waals surface area contributed by atoms with Crippen LogP contribution in [-0.4, -0.2) is 60.1 Å². The highest BCUT2D eigenvalue weighted by atomic mass is 16.5. The first-order valence-corrected chi connectivity index (χ1v) is 8.96. The van der Waals surface area contributed by atoms with E-state index in [-0.39, 0.29) is 12.0 Å². The van der Waals surface area contributed by atoms with Crippen molar-refractivity contribution in [1.29, 1.82) is 0 Å². The van der Waals surface area contributed by atoms with Gasteiger partial charge in [0.15, 0.2) is 0 Å². The van der Waals surface area contributed by atoms with Crippen LogP contribution < -0.4 is 0 Å². The van der Waals surface area contributed by atoms with Gasteiger partial charge in [0.25, 0.3) is 0 Å². The molecule has 1 amide bonds. The van der Waals surface area contributed by atoms with Crippen molar-refractivity contribution in [3.05, 3.63) is 0 Å². The maximum absolute atomic E-state index is 12.3. The minimum Gasteiger partial charge on any atom is -0.365 e. The van der Waals surface area contributed by atoms with Crippen LogP contribution in [0.4, 0.5) is 0 Å². The van der Waals surface area contributed by atoms with Crippen molar-refractivity contribution < 1.29 is 9.53 Å². The third-order valence-corrected chi connectivity index (χ3v) is 6.18. The molecule has 2 saturated carbocycles. The second-order valence-electron chi connectivity index (χ2n) is 7.51. The van der Waals surface area contributed by atoms with Crippen molar-refractivity contribution >= 4 is 5.91 Å². The lowest BCUT2D eigenvalue weighted by atomic mass is 9.84. The Kier molecular flexibility index (Phi) is 3.92. The molecule has 4 aliphatic rings. The van der Waals surface area contributed by atoms with Gasteiger partial charge in [0.1, 0.15) is 6.61 Å². The van der Waals surface area contributed by atoms with Gasteiger partial charge >= 0.3 is 0 Å². The lowest BCUT2D eigenvalue weighted by Crippen LogP contribution is -2.55. The molecule has 0 unspecified atom stereocenters. The number of rotatable bonds is 3. The van der Waals surface area contributed by atoms with E-state index in [1.807, 2.05) is 0 Å². The summed E-state index contributed by atoms with van der Waals surface area (Å²) in [6, 6.07) is 1.07. The Morgan fingerprint density at radius 3 is 2.52 bits per heavy atom. The summed E-state index contributed by atoms with van der Waals surface area (Å²) in [4.78, 5) is 17.1. The number of ether oxygens (including phenoxy) is 1. The molecule has 0 N–H and O–H groups in total. The highest BCUT2D eigenvalue weighted by Crippen LogP contribution is 2.33. The molecule has 4 heteroatoms. The molecule has 2 aliphatic carbocycles. The molecule has 4 fully saturated rings. The normalized spacial score (nSPS) is 35.8. The number of fused-ring (bicyclic) bond motifs is 1. The minimum atomic E-state index is 0.230. The predicted octanol–water partition coefficient (Wildman–Crippen LogP) is 2.03. The average Bonchev–Trinajstić information content (AvgIpc) is 2.89. The summed E-state index contributed by atoms with van der Waals surface area (Å²) >= 11 is 0. The van der Waals surface area contributed by atoms with Crippen LogP contribution >= 0.6 is 0 Å². The lowest BCUT2D eigenvalue weighted by molar-refractivity contribution is -0.154. The molecule has 21 heavy (non-hydrogen) atoms. The fourth-order valence-corrected chi connectivity index (χ4v) is 4.63. The van der Waals surface area contributed by atoms with Gasteiger partial charge in [0.05, 0.1) is 12.1 Å². The monoisotopic (exact) mass is 292 g/mol.